The van der Waals surface area contributed by atoms with Crippen LogP contribution in [0.5, 0.6) is 0 Å². The molecule has 0 amide bonds. The molecule has 2 atom stereocenters. The molecule has 2 saturated carbocycles. The minimum absolute atomic E-state index is 0.214. The maximum absolute atomic E-state index is 12.9. The van der Waals surface area contributed by atoms with Gasteiger partial charge in [-0.2, -0.15) is 0 Å². The molecule has 8 nitrogen and oxygen atoms in total. The first-order valence-electron chi connectivity index (χ1n) is 9.73. The zero-order valence-electron chi connectivity index (χ0n) is 15.4. The van der Waals surface area contributed by atoms with Crippen LogP contribution in [-0.2, 0) is 38.6 Å². The third-order valence-corrected chi connectivity index (χ3v) is 11.7. The van der Waals surface area contributed by atoms with Crippen LogP contribution in [0.15, 0.2) is 0 Å². The Morgan fingerprint density at radius 1 is 0.667 bits per heavy atom. The van der Waals surface area contributed by atoms with E-state index >= 15 is 0 Å². The van der Waals surface area contributed by atoms with Crippen LogP contribution >= 0.6 is 0 Å². The van der Waals surface area contributed by atoms with Crippen LogP contribution in [0.1, 0.15) is 51.4 Å². The maximum atomic E-state index is 12.9. The van der Waals surface area contributed by atoms with Gasteiger partial charge in [-0.25, -0.2) is 16.8 Å². The first kappa shape index (κ1) is 20.0. The van der Waals surface area contributed by atoms with E-state index in [9.17, 15) is 16.8 Å². The van der Waals surface area contributed by atoms with Gasteiger partial charge >= 0.3 is 0 Å². The molecule has 4 aliphatic rings. The molecule has 2 saturated heterocycles. The lowest BCUT2D eigenvalue weighted by atomic mass is 9.94. The highest BCUT2D eigenvalue weighted by atomic mass is 32.3. The number of ether oxygens (including phenoxy) is 4. The molecule has 10 heteroatoms. The minimum atomic E-state index is -3.82. The number of rotatable bonds is 4. The predicted octanol–water partition coefficient (Wildman–Crippen LogP) is 1.14. The van der Waals surface area contributed by atoms with Crippen molar-refractivity contribution in [3.05, 3.63) is 0 Å². The topological polar surface area (TPSA) is 105 Å². The second kappa shape index (κ2) is 7.21. The summed E-state index contributed by atoms with van der Waals surface area (Å²) in [7, 11) is -7.64. The molecule has 156 valence electrons. The molecule has 2 unspecified atom stereocenters. The summed E-state index contributed by atoms with van der Waals surface area (Å²) < 4.78 is 74.4. The highest BCUT2D eigenvalue weighted by Gasteiger charge is 2.49. The Bertz CT molecular complexity index is 684. The molecule has 0 aromatic heterocycles. The molecule has 2 heterocycles. The van der Waals surface area contributed by atoms with E-state index in [2.05, 4.69) is 0 Å². The van der Waals surface area contributed by atoms with Gasteiger partial charge in [0.05, 0.1) is 36.9 Å². The monoisotopic (exact) mass is 424 g/mol. The van der Waals surface area contributed by atoms with Crippen LogP contribution < -0.4 is 0 Å². The van der Waals surface area contributed by atoms with E-state index in [1.54, 1.807) is 0 Å². The maximum Gasteiger partial charge on any atom is 0.169 e. The van der Waals surface area contributed by atoms with Crippen LogP contribution in [-0.4, -0.2) is 70.4 Å². The van der Waals surface area contributed by atoms with Gasteiger partial charge < -0.3 is 18.9 Å². The van der Waals surface area contributed by atoms with Crippen LogP contribution in [0.2, 0.25) is 0 Å². The normalized spacial score (nSPS) is 33.6. The highest BCUT2D eigenvalue weighted by molar-refractivity contribution is 8.08. The molecule has 2 aliphatic carbocycles. The Balaban J connectivity index is 1.46. The van der Waals surface area contributed by atoms with Gasteiger partial charge in [-0.1, -0.05) is 0 Å². The first-order valence-corrected chi connectivity index (χ1v) is 13.2. The summed E-state index contributed by atoms with van der Waals surface area (Å²) in [5.74, 6) is -1.69. The summed E-state index contributed by atoms with van der Waals surface area (Å²) in [6, 6.07) is 0. The zero-order valence-corrected chi connectivity index (χ0v) is 17.1. The molecule has 4 fully saturated rings. The standard InChI is InChI=1S/C17H28O8S2/c18-26(19,14-3-1-5-16(11-14)22-7-8-23-16)13-27(20,21)15-4-2-6-17(12-15)24-9-10-25-17/h14-15H,1-13H2. The summed E-state index contributed by atoms with van der Waals surface area (Å²) in [6.45, 7) is 1.81. The minimum Gasteiger partial charge on any atom is -0.347 e. The second-order valence-electron chi connectivity index (χ2n) is 8.10. The molecule has 0 radical (unpaired) electrons. The van der Waals surface area contributed by atoms with Gasteiger partial charge in [0.15, 0.2) is 36.3 Å². The van der Waals surface area contributed by atoms with Gasteiger partial charge in [0, 0.05) is 25.7 Å². The van der Waals surface area contributed by atoms with Crippen LogP contribution in [0.25, 0.3) is 0 Å². The lowest BCUT2D eigenvalue weighted by molar-refractivity contribution is -0.175. The molecule has 0 aromatic carbocycles. The van der Waals surface area contributed by atoms with Crippen molar-refractivity contribution in [2.45, 2.75) is 73.4 Å². The SMILES string of the molecule is O=S(=O)(CS(=O)(=O)C1CCCC2(C1)OCCO2)C1CCCC2(C1)OCCO2. The fraction of sp³-hybridized carbons (Fsp3) is 1.00. The smallest absolute Gasteiger partial charge is 0.169 e. The van der Waals surface area contributed by atoms with Crippen LogP contribution in [0.3, 0.4) is 0 Å². The quantitative estimate of drug-likeness (QED) is 0.662. The van der Waals surface area contributed by atoms with Crippen molar-refractivity contribution in [3.8, 4) is 0 Å². The van der Waals surface area contributed by atoms with Crippen molar-refractivity contribution in [1.82, 2.24) is 0 Å². The van der Waals surface area contributed by atoms with E-state index in [-0.39, 0.29) is 12.8 Å². The van der Waals surface area contributed by atoms with Gasteiger partial charge in [-0.15, -0.1) is 0 Å². The Morgan fingerprint density at radius 3 is 1.41 bits per heavy atom. The Hall–Kier alpha value is -0.260. The lowest BCUT2D eigenvalue weighted by Crippen LogP contribution is -2.46. The van der Waals surface area contributed by atoms with Crippen molar-refractivity contribution in [3.63, 3.8) is 0 Å². The molecular weight excluding hydrogens is 396 g/mol. The zero-order chi connectivity index (χ0) is 19.2. The summed E-state index contributed by atoms with van der Waals surface area (Å²) in [5, 5.41) is -2.30. The molecule has 0 N–H and O–H groups in total. The molecule has 2 spiro atoms. The fourth-order valence-electron chi connectivity index (χ4n) is 4.85. The van der Waals surface area contributed by atoms with Crippen molar-refractivity contribution in [1.29, 1.82) is 0 Å². The largest absolute Gasteiger partial charge is 0.347 e. The van der Waals surface area contributed by atoms with Gasteiger partial charge in [-0.3, -0.25) is 0 Å². The predicted molar refractivity (Wildman–Crippen MR) is 96.5 cm³/mol. The van der Waals surface area contributed by atoms with E-state index in [4.69, 9.17) is 18.9 Å². The molecule has 0 bridgehead atoms. The van der Waals surface area contributed by atoms with E-state index in [0.717, 1.165) is 0 Å². The van der Waals surface area contributed by atoms with Gasteiger partial charge in [0.25, 0.3) is 0 Å². The summed E-state index contributed by atoms with van der Waals surface area (Å²) in [6.07, 6.45) is 3.95. The molecular formula is C17H28O8S2. The van der Waals surface area contributed by atoms with Crippen molar-refractivity contribution >= 4 is 19.7 Å². The Morgan fingerprint density at radius 2 is 1.04 bits per heavy atom. The van der Waals surface area contributed by atoms with E-state index in [1.807, 2.05) is 0 Å². The first-order chi connectivity index (χ1) is 12.7. The van der Waals surface area contributed by atoms with Crippen LogP contribution in [0.4, 0.5) is 0 Å². The number of hydrogen-bond acceptors (Lipinski definition) is 8. The second-order valence-corrected chi connectivity index (χ2v) is 13.0. The summed E-state index contributed by atoms with van der Waals surface area (Å²) in [4.78, 5) is 0. The van der Waals surface area contributed by atoms with E-state index in [1.165, 1.54) is 0 Å². The van der Waals surface area contributed by atoms with E-state index < -0.39 is 46.8 Å². The van der Waals surface area contributed by atoms with E-state index in [0.29, 0.717) is 65.0 Å². The Labute approximate surface area is 160 Å². The molecule has 2 aliphatic heterocycles. The average molecular weight is 425 g/mol. The summed E-state index contributed by atoms with van der Waals surface area (Å²) in [5.41, 5.74) is 0. The van der Waals surface area contributed by atoms with Gasteiger partial charge in [0.1, 0.15) is 0 Å². The highest BCUT2D eigenvalue weighted by Crippen LogP contribution is 2.41. The van der Waals surface area contributed by atoms with Crippen LogP contribution in [0, 0.1) is 0 Å². The Kier molecular flexibility index (Phi) is 5.35. The van der Waals surface area contributed by atoms with Gasteiger partial charge in [-0.05, 0) is 25.7 Å². The molecule has 27 heavy (non-hydrogen) atoms. The number of hydrogen-bond donors (Lipinski definition) is 0. The number of sulfone groups is 2. The third kappa shape index (κ3) is 4.06. The summed E-state index contributed by atoms with van der Waals surface area (Å²) >= 11 is 0. The average Bonchev–Trinajstić information content (AvgIpc) is 3.25. The van der Waals surface area contributed by atoms with Crippen molar-refractivity contribution in [2.75, 3.05) is 31.5 Å². The fourth-order valence-corrected chi connectivity index (χ4v) is 10.3. The lowest BCUT2D eigenvalue weighted by Gasteiger charge is -2.37. The molecule has 0 aromatic rings. The van der Waals surface area contributed by atoms with Crippen molar-refractivity contribution in [2.24, 2.45) is 0 Å². The van der Waals surface area contributed by atoms with Crippen molar-refractivity contribution < 1.29 is 35.8 Å². The van der Waals surface area contributed by atoms with Gasteiger partial charge in [0.2, 0.25) is 0 Å². The molecule has 4 rings (SSSR count). The third-order valence-electron chi connectivity index (χ3n) is 6.22.